The first kappa shape index (κ1) is 21.6. The van der Waals surface area contributed by atoms with Crippen molar-refractivity contribution in [2.75, 3.05) is 13.1 Å². The second-order valence-corrected chi connectivity index (χ2v) is 7.52. The second kappa shape index (κ2) is 10.1. The molecule has 3 rings (SSSR count). The minimum Gasteiger partial charge on any atom is -0.427 e. The van der Waals surface area contributed by atoms with E-state index in [1.54, 1.807) is 47.4 Å². The van der Waals surface area contributed by atoms with Crippen LogP contribution in [0.3, 0.4) is 0 Å². The van der Waals surface area contributed by atoms with Crippen molar-refractivity contribution in [3.8, 4) is 5.75 Å². The number of nitrogens with one attached hydrogen (secondary N) is 1. The van der Waals surface area contributed by atoms with E-state index in [1.807, 2.05) is 12.1 Å². The van der Waals surface area contributed by atoms with Crippen LogP contribution in [0, 0.1) is 0 Å². The summed E-state index contributed by atoms with van der Waals surface area (Å²) < 4.78 is 5.02. The number of carbonyl (C=O) groups excluding carboxylic acids is 3. The van der Waals surface area contributed by atoms with Gasteiger partial charge in [-0.05, 0) is 54.8 Å². The van der Waals surface area contributed by atoms with Crippen LogP contribution < -0.4 is 10.1 Å². The average molecular weight is 427 g/mol. The smallest absolute Gasteiger partial charge is 0.308 e. The molecule has 30 heavy (non-hydrogen) atoms. The SMILES string of the molecule is CC(=O)Oc1cccc(C(=O)NC2CCN(C(=O)/C=C/c3ccc(Cl)cc3)CC2)c1. The molecule has 0 bridgehead atoms. The lowest BCUT2D eigenvalue weighted by Crippen LogP contribution is -2.46. The number of benzene rings is 2. The summed E-state index contributed by atoms with van der Waals surface area (Å²) in [6.45, 7) is 2.46. The summed E-state index contributed by atoms with van der Waals surface area (Å²) in [6.07, 6.45) is 4.68. The van der Waals surface area contributed by atoms with Crippen molar-refractivity contribution in [3.05, 3.63) is 70.8 Å². The average Bonchev–Trinajstić information content (AvgIpc) is 2.73. The number of hydrogen-bond donors (Lipinski definition) is 1. The van der Waals surface area contributed by atoms with Crippen molar-refractivity contribution >= 4 is 35.5 Å². The zero-order chi connectivity index (χ0) is 21.5. The van der Waals surface area contributed by atoms with Crippen molar-refractivity contribution in [2.45, 2.75) is 25.8 Å². The molecular weight excluding hydrogens is 404 g/mol. The second-order valence-electron chi connectivity index (χ2n) is 7.08. The number of amides is 2. The zero-order valence-corrected chi connectivity index (χ0v) is 17.4. The summed E-state index contributed by atoms with van der Waals surface area (Å²) in [5.41, 5.74) is 1.34. The van der Waals surface area contributed by atoms with Gasteiger partial charge in [-0.3, -0.25) is 14.4 Å². The maximum atomic E-state index is 12.5. The number of rotatable bonds is 5. The quantitative estimate of drug-likeness (QED) is 0.449. The van der Waals surface area contributed by atoms with E-state index in [9.17, 15) is 14.4 Å². The number of likely N-dealkylation sites (tertiary alicyclic amines) is 1. The number of halogens is 1. The first-order chi connectivity index (χ1) is 14.4. The fourth-order valence-corrected chi connectivity index (χ4v) is 3.35. The van der Waals surface area contributed by atoms with E-state index in [-0.39, 0.29) is 17.9 Å². The topological polar surface area (TPSA) is 75.7 Å². The molecule has 0 atom stereocenters. The molecule has 0 aromatic heterocycles. The van der Waals surface area contributed by atoms with Gasteiger partial charge in [-0.2, -0.15) is 0 Å². The van der Waals surface area contributed by atoms with Crippen molar-refractivity contribution in [3.63, 3.8) is 0 Å². The highest BCUT2D eigenvalue weighted by Gasteiger charge is 2.23. The number of piperidine rings is 1. The zero-order valence-electron chi connectivity index (χ0n) is 16.6. The predicted molar refractivity (Wildman–Crippen MR) is 115 cm³/mol. The van der Waals surface area contributed by atoms with Gasteiger partial charge in [-0.15, -0.1) is 0 Å². The van der Waals surface area contributed by atoms with Gasteiger partial charge in [0.25, 0.3) is 5.91 Å². The monoisotopic (exact) mass is 426 g/mol. The molecule has 2 amide bonds. The third kappa shape index (κ3) is 6.19. The summed E-state index contributed by atoms with van der Waals surface area (Å²) in [4.78, 5) is 37.7. The van der Waals surface area contributed by atoms with E-state index in [0.29, 0.717) is 42.3 Å². The Bertz CT molecular complexity index is 948. The lowest BCUT2D eigenvalue weighted by molar-refractivity contribution is -0.132. The summed E-state index contributed by atoms with van der Waals surface area (Å²) in [6, 6.07) is 13.7. The summed E-state index contributed by atoms with van der Waals surface area (Å²) in [5.74, 6) is -0.377. The van der Waals surface area contributed by atoms with Gasteiger partial charge in [0.15, 0.2) is 0 Å². The van der Waals surface area contributed by atoms with Crippen LogP contribution in [0.25, 0.3) is 6.08 Å². The van der Waals surface area contributed by atoms with E-state index in [4.69, 9.17) is 16.3 Å². The fraction of sp³-hybridized carbons (Fsp3) is 0.261. The number of carbonyl (C=O) groups is 3. The molecule has 1 aliphatic rings. The molecule has 1 aliphatic heterocycles. The Hall–Kier alpha value is -3.12. The van der Waals surface area contributed by atoms with Gasteiger partial charge >= 0.3 is 5.97 Å². The lowest BCUT2D eigenvalue weighted by atomic mass is 10.0. The molecule has 1 saturated heterocycles. The summed E-state index contributed by atoms with van der Waals surface area (Å²) in [5, 5.41) is 3.64. The number of esters is 1. The van der Waals surface area contributed by atoms with Gasteiger partial charge in [0.2, 0.25) is 5.91 Å². The molecule has 0 radical (unpaired) electrons. The minimum atomic E-state index is -0.435. The van der Waals surface area contributed by atoms with Crippen molar-refractivity contribution in [1.82, 2.24) is 10.2 Å². The first-order valence-corrected chi connectivity index (χ1v) is 10.1. The molecule has 2 aromatic carbocycles. The summed E-state index contributed by atoms with van der Waals surface area (Å²) in [7, 11) is 0. The highest BCUT2D eigenvalue weighted by atomic mass is 35.5. The molecule has 0 aliphatic carbocycles. The van der Waals surface area contributed by atoms with E-state index >= 15 is 0 Å². The molecule has 7 heteroatoms. The van der Waals surface area contributed by atoms with Crippen LogP contribution in [0.15, 0.2) is 54.6 Å². The maximum Gasteiger partial charge on any atom is 0.308 e. The van der Waals surface area contributed by atoms with Gasteiger partial charge in [0, 0.05) is 42.7 Å². The highest BCUT2D eigenvalue weighted by molar-refractivity contribution is 6.30. The van der Waals surface area contributed by atoms with Gasteiger partial charge in [0.05, 0.1) is 0 Å². The Balaban J connectivity index is 1.49. The van der Waals surface area contributed by atoms with Gasteiger partial charge < -0.3 is 15.0 Å². The summed E-state index contributed by atoms with van der Waals surface area (Å²) >= 11 is 5.86. The van der Waals surface area contributed by atoms with Crippen molar-refractivity contribution < 1.29 is 19.1 Å². The van der Waals surface area contributed by atoms with Crippen molar-refractivity contribution in [1.29, 1.82) is 0 Å². The molecule has 1 N–H and O–H groups in total. The van der Waals surface area contributed by atoms with E-state index in [1.165, 1.54) is 13.0 Å². The van der Waals surface area contributed by atoms with Gasteiger partial charge in [0.1, 0.15) is 5.75 Å². The van der Waals surface area contributed by atoms with Crippen LogP contribution in [0.2, 0.25) is 5.02 Å². The molecule has 2 aromatic rings. The van der Waals surface area contributed by atoms with Crippen LogP contribution in [0.4, 0.5) is 0 Å². The van der Waals surface area contributed by atoms with Crippen LogP contribution >= 0.6 is 11.6 Å². The molecule has 0 spiro atoms. The third-order valence-corrected chi connectivity index (χ3v) is 5.04. The Morgan fingerprint density at radius 1 is 1.10 bits per heavy atom. The molecular formula is C23H23ClN2O4. The number of hydrogen-bond acceptors (Lipinski definition) is 4. The largest absolute Gasteiger partial charge is 0.427 e. The van der Waals surface area contributed by atoms with Crippen molar-refractivity contribution in [2.24, 2.45) is 0 Å². The molecule has 1 fully saturated rings. The fourth-order valence-electron chi connectivity index (χ4n) is 3.23. The predicted octanol–water partition coefficient (Wildman–Crippen LogP) is 3.70. The van der Waals surface area contributed by atoms with Crippen LogP contribution in [-0.2, 0) is 9.59 Å². The Kier molecular flexibility index (Phi) is 7.25. The number of nitrogens with zero attached hydrogens (tertiary/aromatic N) is 1. The van der Waals surface area contributed by atoms with Gasteiger partial charge in [-0.1, -0.05) is 29.8 Å². The molecule has 156 valence electrons. The van der Waals surface area contributed by atoms with Crippen LogP contribution in [0.1, 0.15) is 35.7 Å². The minimum absolute atomic E-state index is 0.0147. The van der Waals surface area contributed by atoms with Crippen LogP contribution in [-0.4, -0.2) is 41.8 Å². The Morgan fingerprint density at radius 3 is 2.47 bits per heavy atom. The number of ether oxygens (including phenoxy) is 1. The van der Waals surface area contributed by atoms with Gasteiger partial charge in [-0.25, -0.2) is 0 Å². The molecule has 1 heterocycles. The molecule has 6 nitrogen and oxygen atoms in total. The molecule has 0 saturated carbocycles. The highest BCUT2D eigenvalue weighted by Crippen LogP contribution is 2.16. The maximum absolute atomic E-state index is 12.5. The first-order valence-electron chi connectivity index (χ1n) is 9.72. The standard InChI is InChI=1S/C23H23ClN2O4/c1-16(27)30-21-4-2-3-18(15-21)23(29)25-20-11-13-26(14-12-20)22(28)10-7-17-5-8-19(24)9-6-17/h2-10,15,20H,11-14H2,1H3,(H,25,29)/b10-7+. The van der Waals surface area contributed by atoms with Crippen LogP contribution in [0.5, 0.6) is 5.75 Å². The Labute approximate surface area is 180 Å². The van der Waals surface area contributed by atoms with E-state index in [0.717, 1.165) is 5.56 Å². The lowest BCUT2D eigenvalue weighted by Gasteiger charge is -2.31. The Morgan fingerprint density at radius 2 is 1.80 bits per heavy atom. The third-order valence-electron chi connectivity index (χ3n) is 4.79. The van der Waals surface area contributed by atoms with E-state index < -0.39 is 5.97 Å². The normalized spacial score (nSPS) is 14.5. The molecule has 0 unspecified atom stereocenters. The van der Waals surface area contributed by atoms with E-state index in [2.05, 4.69) is 5.32 Å².